The van der Waals surface area contributed by atoms with Gasteiger partial charge in [0.2, 0.25) is 0 Å². The van der Waals surface area contributed by atoms with Crippen molar-refractivity contribution in [2.24, 2.45) is 0 Å². The number of piperidine rings is 1. The average molecular weight is 233 g/mol. The summed E-state index contributed by atoms with van der Waals surface area (Å²) < 4.78 is 0. The van der Waals surface area contributed by atoms with Crippen LogP contribution in [0.2, 0.25) is 0 Å². The molecule has 1 atom stereocenters. The molecule has 0 radical (unpaired) electrons. The second-order valence-corrected chi connectivity index (χ2v) is 4.94. The molecule has 0 aliphatic carbocycles. The summed E-state index contributed by atoms with van der Waals surface area (Å²) in [6.07, 6.45) is 2.44. The summed E-state index contributed by atoms with van der Waals surface area (Å²) in [5, 5.41) is 13.6. The molecule has 0 bridgehead atoms. The molecular formula is C14H19NO2. The van der Waals surface area contributed by atoms with Gasteiger partial charge in [0, 0.05) is 18.5 Å². The van der Waals surface area contributed by atoms with E-state index in [0.29, 0.717) is 13.0 Å². The van der Waals surface area contributed by atoms with Crippen LogP contribution in [0, 0.1) is 0 Å². The normalized spacial score (nSPS) is 24.6. The van der Waals surface area contributed by atoms with E-state index in [1.165, 1.54) is 0 Å². The zero-order valence-electron chi connectivity index (χ0n) is 10.2. The third kappa shape index (κ3) is 3.14. The number of hydrogen-bond acceptors (Lipinski definition) is 3. The van der Waals surface area contributed by atoms with E-state index in [0.717, 1.165) is 30.5 Å². The molecule has 2 N–H and O–H groups in total. The number of Topliss-reactive ketones (excluding diaryl/α,β-unsaturated/α-hetero) is 1. The standard InChI is InChI=1S/C14H19NO2/c1-11(16)13-5-2-4-12(8-13)9-14(17)6-3-7-15-10-14/h2,4-5,8,15,17H,3,6-7,9-10H2,1H3. The zero-order valence-corrected chi connectivity index (χ0v) is 10.2. The molecule has 1 aliphatic rings. The Kier molecular flexibility index (Phi) is 3.60. The quantitative estimate of drug-likeness (QED) is 0.779. The number of carbonyl (C=O) groups is 1. The van der Waals surface area contributed by atoms with Crippen LogP contribution in [0.25, 0.3) is 0 Å². The molecular weight excluding hydrogens is 214 g/mol. The molecule has 3 nitrogen and oxygen atoms in total. The van der Waals surface area contributed by atoms with Gasteiger partial charge in [0.1, 0.15) is 0 Å². The third-order valence-corrected chi connectivity index (χ3v) is 3.32. The van der Waals surface area contributed by atoms with Crippen LogP contribution in [0.1, 0.15) is 35.7 Å². The lowest BCUT2D eigenvalue weighted by Crippen LogP contribution is -2.47. The highest BCUT2D eigenvalue weighted by Crippen LogP contribution is 2.21. The third-order valence-electron chi connectivity index (χ3n) is 3.32. The van der Waals surface area contributed by atoms with Crippen LogP contribution in [-0.2, 0) is 6.42 Å². The monoisotopic (exact) mass is 233 g/mol. The summed E-state index contributed by atoms with van der Waals surface area (Å²) in [5.74, 6) is 0.0700. The maximum atomic E-state index is 11.3. The number of benzene rings is 1. The molecule has 0 aromatic heterocycles. The van der Waals surface area contributed by atoms with Crippen LogP contribution in [0.3, 0.4) is 0 Å². The summed E-state index contributed by atoms with van der Waals surface area (Å²) in [5.41, 5.74) is 1.09. The molecule has 1 aliphatic heterocycles. The lowest BCUT2D eigenvalue weighted by Gasteiger charge is -2.32. The van der Waals surface area contributed by atoms with Crippen molar-refractivity contribution in [3.05, 3.63) is 35.4 Å². The molecule has 1 aromatic carbocycles. The van der Waals surface area contributed by atoms with Crippen LogP contribution in [0.5, 0.6) is 0 Å². The summed E-state index contributed by atoms with van der Waals surface area (Å²) >= 11 is 0. The van der Waals surface area contributed by atoms with Gasteiger partial charge in [0.05, 0.1) is 5.60 Å². The number of rotatable bonds is 3. The number of hydrogen-bond donors (Lipinski definition) is 2. The van der Waals surface area contributed by atoms with Crippen LogP contribution in [0.4, 0.5) is 0 Å². The molecule has 1 saturated heterocycles. The summed E-state index contributed by atoms with van der Waals surface area (Å²) in [6, 6.07) is 7.55. The molecule has 92 valence electrons. The Bertz CT molecular complexity index is 408. The van der Waals surface area contributed by atoms with Gasteiger partial charge in [0.15, 0.2) is 5.78 Å². The predicted molar refractivity (Wildman–Crippen MR) is 67.2 cm³/mol. The first-order valence-electron chi connectivity index (χ1n) is 6.12. The molecule has 0 amide bonds. The van der Waals surface area contributed by atoms with Crippen LogP contribution in [-0.4, -0.2) is 29.6 Å². The Morgan fingerprint density at radius 1 is 1.53 bits per heavy atom. The van der Waals surface area contributed by atoms with Crippen molar-refractivity contribution in [1.29, 1.82) is 0 Å². The number of ketones is 1. The van der Waals surface area contributed by atoms with E-state index in [4.69, 9.17) is 0 Å². The highest BCUT2D eigenvalue weighted by Gasteiger charge is 2.29. The minimum absolute atomic E-state index is 0.0700. The number of carbonyl (C=O) groups excluding carboxylic acids is 1. The molecule has 1 fully saturated rings. The Labute approximate surface area is 102 Å². The second-order valence-electron chi connectivity index (χ2n) is 4.94. The van der Waals surface area contributed by atoms with Gasteiger partial charge in [-0.2, -0.15) is 0 Å². The van der Waals surface area contributed by atoms with E-state index < -0.39 is 5.60 Å². The summed E-state index contributed by atoms with van der Waals surface area (Å²) in [6.45, 7) is 3.18. The lowest BCUT2D eigenvalue weighted by atomic mass is 9.87. The van der Waals surface area contributed by atoms with Crippen molar-refractivity contribution < 1.29 is 9.90 Å². The van der Waals surface area contributed by atoms with Gasteiger partial charge in [-0.05, 0) is 37.9 Å². The van der Waals surface area contributed by atoms with E-state index in [2.05, 4.69) is 5.32 Å². The van der Waals surface area contributed by atoms with Gasteiger partial charge in [-0.1, -0.05) is 18.2 Å². The molecule has 3 heteroatoms. The van der Waals surface area contributed by atoms with E-state index in [9.17, 15) is 9.90 Å². The van der Waals surface area contributed by atoms with E-state index in [1.54, 1.807) is 6.92 Å². The number of β-amino-alcohol motifs (C(OH)–C–C–N with tert-alkyl or cyclic N) is 1. The van der Waals surface area contributed by atoms with Crippen molar-refractivity contribution in [3.63, 3.8) is 0 Å². The minimum Gasteiger partial charge on any atom is -0.388 e. The maximum Gasteiger partial charge on any atom is 0.159 e. The summed E-state index contributed by atoms with van der Waals surface area (Å²) in [4.78, 5) is 11.3. The van der Waals surface area contributed by atoms with Crippen molar-refractivity contribution in [2.75, 3.05) is 13.1 Å². The largest absolute Gasteiger partial charge is 0.388 e. The van der Waals surface area contributed by atoms with Gasteiger partial charge in [-0.25, -0.2) is 0 Å². The molecule has 1 aromatic rings. The number of aliphatic hydroxyl groups is 1. The maximum absolute atomic E-state index is 11.3. The molecule has 0 spiro atoms. The van der Waals surface area contributed by atoms with Gasteiger partial charge in [-0.15, -0.1) is 0 Å². The van der Waals surface area contributed by atoms with Crippen LogP contribution >= 0.6 is 0 Å². The van der Waals surface area contributed by atoms with Crippen molar-refractivity contribution in [1.82, 2.24) is 5.32 Å². The first kappa shape index (κ1) is 12.3. The predicted octanol–water partition coefficient (Wildman–Crippen LogP) is 1.55. The van der Waals surface area contributed by atoms with E-state index in [-0.39, 0.29) is 5.78 Å². The Morgan fingerprint density at radius 2 is 2.35 bits per heavy atom. The fraction of sp³-hybridized carbons (Fsp3) is 0.500. The van der Waals surface area contributed by atoms with Crippen LogP contribution in [0.15, 0.2) is 24.3 Å². The minimum atomic E-state index is -0.659. The van der Waals surface area contributed by atoms with E-state index >= 15 is 0 Å². The summed E-state index contributed by atoms with van der Waals surface area (Å²) in [7, 11) is 0. The Hall–Kier alpha value is -1.19. The van der Waals surface area contributed by atoms with Gasteiger partial charge in [-0.3, -0.25) is 4.79 Å². The van der Waals surface area contributed by atoms with Gasteiger partial charge >= 0.3 is 0 Å². The van der Waals surface area contributed by atoms with Crippen molar-refractivity contribution >= 4 is 5.78 Å². The first-order valence-corrected chi connectivity index (χ1v) is 6.12. The molecule has 17 heavy (non-hydrogen) atoms. The molecule has 1 unspecified atom stereocenters. The highest BCUT2D eigenvalue weighted by molar-refractivity contribution is 5.94. The van der Waals surface area contributed by atoms with E-state index in [1.807, 2.05) is 24.3 Å². The van der Waals surface area contributed by atoms with Crippen molar-refractivity contribution in [3.8, 4) is 0 Å². The number of nitrogens with one attached hydrogen (secondary N) is 1. The Balaban J connectivity index is 2.12. The molecule has 2 rings (SSSR count). The highest BCUT2D eigenvalue weighted by atomic mass is 16.3. The second kappa shape index (κ2) is 4.98. The van der Waals surface area contributed by atoms with Gasteiger partial charge < -0.3 is 10.4 Å². The lowest BCUT2D eigenvalue weighted by molar-refractivity contribution is 0.0169. The van der Waals surface area contributed by atoms with Gasteiger partial charge in [0.25, 0.3) is 0 Å². The van der Waals surface area contributed by atoms with Crippen molar-refractivity contribution in [2.45, 2.75) is 31.8 Å². The fourth-order valence-electron chi connectivity index (χ4n) is 2.38. The smallest absolute Gasteiger partial charge is 0.159 e. The SMILES string of the molecule is CC(=O)c1cccc(CC2(O)CCCNC2)c1. The molecule has 0 saturated carbocycles. The average Bonchev–Trinajstić information content (AvgIpc) is 2.29. The first-order chi connectivity index (χ1) is 8.09. The molecule has 1 heterocycles. The zero-order chi connectivity index (χ0) is 12.3. The fourth-order valence-corrected chi connectivity index (χ4v) is 2.38. The Morgan fingerprint density at radius 3 is 3.00 bits per heavy atom. The topological polar surface area (TPSA) is 49.3 Å². The van der Waals surface area contributed by atoms with Crippen LogP contribution < -0.4 is 5.32 Å².